The molecule has 1 heterocycles. The molecule has 1 aromatic rings. The monoisotopic (exact) mass is 346 g/mol. The Hall–Kier alpha value is -0.740. The molecule has 0 aromatic heterocycles. The largest absolute Gasteiger partial charge is 0.398 e. The van der Waals surface area contributed by atoms with E-state index in [9.17, 15) is 4.79 Å². The average Bonchev–Trinajstić information content (AvgIpc) is 2.27. The van der Waals surface area contributed by atoms with Crippen molar-refractivity contribution in [1.82, 2.24) is 4.90 Å². The van der Waals surface area contributed by atoms with Gasteiger partial charge in [0.2, 0.25) is 0 Å². The van der Waals surface area contributed by atoms with E-state index in [0.29, 0.717) is 11.3 Å². The van der Waals surface area contributed by atoms with E-state index in [1.54, 1.807) is 12.1 Å². The van der Waals surface area contributed by atoms with Gasteiger partial charge in [-0.1, -0.05) is 29.8 Å². The molecule has 0 spiro atoms. The van der Waals surface area contributed by atoms with Crippen LogP contribution in [-0.2, 0) is 0 Å². The molecule has 0 atom stereocenters. The maximum atomic E-state index is 12.5. The number of carbonyl (C=O) groups is 1. The van der Waals surface area contributed by atoms with Crippen LogP contribution in [0.1, 0.15) is 37.0 Å². The van der Waals surface area contributed by atoms with Crippen LogP contribution in [0.3, 0.4) is 0 Å². The van der Waals surface area contributed by atoms with E-state index in [4.69, 9.17) is 5.73 Å². The van der Waals surface area contributed by atoms with Gasteiger partial charge in [-0.2, -0.15) is 0 Å². The van der Waals surface area contributed by atoms with Gasteiger partial charge in [-0.3, -0.25) is 4.79 Å². The number of halogens is 2. The van der Waals surface area contributed by atoms with Crippen molar-refractivity contribution in [3.8, 4) is 0 Å². The highest BCUT2D eigenvalue weighted by atomic mass is 79.9. The molecule has 0 unspecified atom stereocenters. The van der Waals surface area contributed by atoms with Crippen molar-refractivity contribution in [2.75, 3.05) is 18.8 Å². The van der Waals surface area contributed by atoms with Crippen molar-refractivity contribution in [1.29, 1.82) is 0 Å². The highest BCUT2D eigenvalue weighted by molar-refractivity contribution is 9.10. The number of benzene rings is 1. The average molecular weight is 348 g/mol. The van der Waals surface area contributed by atoms with Gasteiger partial charge in [0.25, 0.3) is 5.91 Å². The minimum Gasteiger partial charge on any atom is -0.398 e. The SMILES string of the molecule is CC1(C)CCCN(C(=O)c2ccc(Br)cc2N)C1.Cl. The fourth-order valence-corrected chi connectivity index (χ4v) is 2.87. The summed E-state index contributed by atoms with van der Waals surface area (Å²) in [7, 11) is 0. The van der Waals surface area contributed by atoms with Crippen LogP contribution in [0.2, 0.25) is 0 Å². The molecule has 1 aromatic carbocycles. The second-order valence-electron chi connectivity index (χ2n) is 5.73. The van der Waals surface area contributed by atoms with Crippen molar-refractivity contribution in [2.24, 2.45) is 5.41 Å². The fourth-order valence-electron chi connectivity index (χ4n) is 2.50. The number of nitrogens with two attached hydrogens (primary N) is 1. The normalized spacial score (nSPS) is 17.7. The minimum atomic E-state index is 0. The van der Waals surface area contributed by atoms with E-state index in [0.717, 1.165) is 24.0 Å². The molecule has 1 amide bonds. The van der Waals surface area contributed by atoms with Crippen LogP contribution in [0.4, 0.5) is 5.69 Å². The number of rotatable bonds is 1. The number of nitrogens with zero attached hydrogens (tertiary/aromatic N) is 1. The first-order valence-corrected chi connectivity index (χ1v) is 7.03. The summed E-state index contributed by atoms with van der Waals surface area (Å²) < 4.78 is 0.899. The number of piperidine rings is 1. The highest BCUT2D eigenvalue weighted by Gasteiger charge is 2.30. The number of nitrogen functional groups attached to an aromatic ring is 1. The van der Waals surface area contributed by atoms with E-state index in [-0.39, 0.29) is 23.7 Å². The standard InChI is InChI=1S/C14H19BrN2O.ClH/c1-14(2)6-3-7-17(9-14)13(18)11-5-4-10(15)8-12(11)16;/h4-5,8H,3,6-7,9,16H2,1-2H3;1H. The fraction of sp³-hybridized carbons (Fsp3) is 0.500. The number of likely N-dealkylation sites (tertiary alicyclic amines) is 1. The van der Waals surface area contributed by atoms with Crippen LogP contribution in [0.25, 0.3) is 0 Å². The lowest BCUT2D eigenvalue weighted by Gasteiger charge is -2.38. The zero-order valence-electron chi connectivity index (χ0n) is 11.3. The molecule has 1 aliphatic heterocycles. The Morgan fingerprint density at radius 3 is 2.68 bits per heavy atom. The smallest absolute Gasteiger partial charge is 0.255 e. The van der Waals surface area contributed by atoms with Crippen LogP contribution in [0.15, 0.2) is 22.7 Å². The Morgan fingerprint density at radius 1 is 1.42 bits per heavy atom. The number of hydrogen-bond acceptors (Lipinski definition) is 2. The molecule has 2 rings (SSSR count). The second kappa shape index (κ2) is 6.14. The lowest BCUT2D eigenvalue weighted by Crippen LogP contribution is -2.43. The molecule has 0 saturated carbocycles. The van der Waals surface area contributed by atoms with Gasteiger partial charge >= 0.3 is 0 Å². The summed E-state index contributed by atoms with van der Waals surface area (Å²) in [6.45, 7) is 6.05. The maximum Gasteiger partial charge on any atom is 0.255 e. The first-order valence-electron chi connectivity index (χ1n) is 6.23. The number of hydrogen-bond donors (Lipinski definition) is 1. The highest BCUT2D eigenvalue weighted by Crippen LogP contribution is 2.30. The van der Waals surface area contributed by atoms with E-state index in [2.05, 4.69) is 29.8 Å². The molecule has 1 aliphatic rings. The van der Waals surface area contributed by atoms with Crippen molar-refractivity contribution < 1.29 is 4.79 Å². The molecule has 3 nitrogen and oxygen atoms in total. The quantitative estimate of drug-likeness (QED) is 0.787. The molecule has 19 heavy (non-hydrogen) atoms. The zero-order chi connectivity index (χ0) is 13.3. The summed E-state index contributed by atoms with van der Waals surface area (Å²) in [4.78, 5) is 14.4. The topological polar surface area (TPSA) is 46.3 Å². The van der Waals surface area contributed by atoms with Gasteiger partial charge in [0.1, 0.15) is 0 Å². The summed E-state index contributed by atoms with van der Waals surface area (Å²) in [5, 5.41) is 0. The summed E-state index contributed by atoms with van der Waals surface area (Å²) >= 11 is 3.35. The first-order chi connectivity index (χ1) is 8.39. The Bertz CT molecular complexity index is 477. The molecule has 5 heteroatoms. The van der Waals surface area contributed by atoms with Gasteiger partial charge in [0.05, 0.1) is 5.56 Å². The van der Waals surface area contributed by atoms with Gasteiger partial charge in [-0.25, -0.2) is 0 Å². The second-order valence-corrected chi connectivity index (χ2v) is 6.64. The zero-order valence-corrected chi connectivity index (χ0v) is 13.7. The van der Waals surface area contributed by atoms with Crippen molar-refractivity contribution in [3.63, 3.8) is 0 Å². The van der Waals surface area contributed by atoms with Gasteiger partial charge in [0.15, 0.2) is 0 Å². The molecule has 2 N–H and O–H groups in total. The van der Waals surface area contributed by atoms with Crippen LogP contribution < -0.4 is 5.73 Å². The van der Waals surface area contributed by atoms with Gasteiger partial charge in [0, 0.05) is 23.2 Å². The summed E-state index contributed by atoms with van der Waals surface area (Å²) in [5.74, 6) is 0.0489. The van der Waals surface area contributed by atoms with Gasteiger partial charge in [-0.05, 0) is 36.5 Å². The van der Waals surface area contributed by atoms with Gasteiger partial charge < -0.3 is 10.6 Å². The summed E-state index contributed by atoms with van der Waals surface area (Å²) in [6, 6.07) is 5.43. The molecular weight excluding hydrogens is 328 g/mol. The lowest BCUT2D eigenvalue weighted by molar-refractivity contribution is 0.0584. The maximum absolute atomic E-state index is 12.5. The van der Waals surface area contributed by atoms with Crippen LogP contribution in [0, 0.1) is 5.41 Å². The number of amides is 1. The van der Waals surface area contributed by atoms with Crippen LogP contribution >= 0.6 is 28.3 Å². The number of carbonyl (C=O) groups excluding carboxylic acids is 1. The Labute approximate surface area is 129 Å². The van der Waals surface area contributed by atoms with E-state index < -0.39 is 0 Å². The van der Waals surface area contributed by atoms with Gasteiger partial charge in [-0.15, -0.1) is 12.4 Å². The Morgan fingerprint density at radius 2 is 2.11 bits per heavy atom. The Kier molecular flexibility index (Phi) is 5.27. The third-order valence-corrected chi connectivity index (χ3v) is 3.92. The molecule has 0 aliphatic carbocycles. The molecular formula is C14H20BrClN2O. The van der Waals surface area contributed by atoms with Crippen molar-refractivity contribution >= 4 is 39.9 Å². The lowest BCUT2D eigenvalue weighted by atomic mass is 9.84. The summed E-state index contributed by atoms with van der Waals surface area (Å²) in [6.07, 6.45) is 2.24. The predicted molar refractivity (Wildman–Crippen MR) is 84.7 cm³/mol. The van der Waals surface area contributed by atoms with E-state index in [1.165, 1.54) is 6.42 Å². The van der Waals surface area contributed by atoms with Crippen molar-refractivity contribution in [3.05, 3.63) is 28.2 Å². The third kappa shape index (κ3) is 3.86. The molecule has 1 fully saturated rings. The molecule has 0 radical (unpaired) electrons. The minimum absolute atomic E-state index is 0. The third-order valence-electron chi connectivity index (χ3n) is 3.43. The molecule has 106 valence electrons. The molecule has 1 saturated heterocycles. The van der Waals surface area contributed by atoms with Crippen molar-refractivity contribution in [2.45, 2.75) is 26.7 Å². The first kappa shape index (κ1) is 16.3. The van der Waals surface area contributed by atoms with E-state index >= 15 is 0 Å². The number of anilines is 1. The van der Waals surface area contributed by atoms with Crippen LogP contribution in [0.5, 0.6) is 0 Å². The van der Waals surface area contributed by atoms with Crippen LogP contribution in [-0.4, -0.2) is 23.9 Å². The predicted octanol–water partition coefficient (Wildman–Crippen LogP) is 3.72. The molecule has 0 bridgehead atoms. The Balaban J connectivity index is 0.00000180. The summed E-state index contributed by atoms with van der Waals surface area (Å²) in [5.41, 5.74) is 7.27. The van der Waals surface area contributed by atoms with E-state index in [1.807, 2.05) is 11.0 Å².